The normalized spacial score (nSPS) is 31.7. The van der Waals surface area contributed by atoms with E-state index in [-0.39, 0.29) is 0 Å². The first-order chi connectivity index (χ1) is 6.69. The van der Waals surface area contributed by atoms with Gasteiger partial charge in [-0.05, 0) is 26.7 Å². The Bertz CT molecular complexity index is 158. The van der Waals surface area contributed by atoms with Crippen molar-refractivity contribution in [3.63, 3.8) is 0 Å². The van der Waals surface area contributed by atoms with Crippen LogP contribution in [0.2, 0.25) is 0 Å². The molecule has 0 amide bonds. The lowest BCUT2D eigenvalue weighted by Gasteiger charge is -2.42. The number of hydrogen-bond acceptors (Lipinski definition) is 2. The van der Waals surface area contributed by atoms with Crippen LogP contribution in [0.5, 0.6) is 0 Å². The molecule has 3 unspecified atom stereocenters. The quantitative estimate of drug-likeness (QED) is 0.745. The van der Waals surface area contributed by atoms with E-state index in [1.165, 1.54) is 32.4 Å². The first kappa shape index (κ1) is 12.0. The molecular weight excluding hydrogens is 172 g/mol. The first-order valence-corrected chi connectivity index (χ1v) is 6.18. The van der Waals surface area contributed by atoms with Gasteiger partial charge in [-0.2, -0.15) is 0 Å². The summed E-state index contributed by atoms with van der Waals surface area (Å²) in [7, 11) is 0. The van der Waals surface area contributed by atoms with Gasteiger partial charge in [0, 0.05) is 31.2 Å². The topological polar surface area (TPSA) is 15.3 Å². The molecule has 1 saturated heterocycles. The number of hydrogen-bond donors (Lipinski definition) is 1. The highest BCUT2D eigenvalue weighted by Gasteiger charge is 2.27. The van der Waals surface area contributed by atoms with Crippen molar-refractivity contribution in [1.82, 2.24) is 10.2 Å². The van der Waals surface area contributed by atoms with Gasteiger partial charge in [-0.1, -0.05) is 20.3 Å². The molecule has 84 valence electrons. The van der Waals surface area contributed by atoms with Gasteiger partial charge in [0.05, 0.1) is 0 Å². The lowest BCUT2D eigenvalue weighted by atomic mass is 10.0. The van der Waals surface area contributed by atoms with Crippen molar-refractivity contribution >= 4 is 0 Å². The van der Waals surface area contributed by atoms with Gasteiger partial charge in [-0.15, -0.1) is 0 Å². The van der Waals surface area contributed by atoms with Gasteiger partial charge in [0.25, 0.3) is 0 Å². The zero-order valence-corrected chi connectivity index (χ0v) is 10.2. The Morgan fingerprint density at radius 1 is 1.43 bits per heavy atom. The van der Waals surface area contributed by atoms with Gasteiger partial charge in [0.1, 0.15) is 0 Å². The van der Waals surface area contributed by atoms with E-state index in [9.17, 15) is 0 Å². The Morgan fingerprint density at radius 2 is 2.14 bits per heavy atom. The molecule has 14 heavy (non-hydrogen) atoms. The molecule has 0 spiro atoms. The van der Waals surface area contributed by atoms with E-state index in [0.29, 0.717) is 6.04 Å². The Labute approximate surface area is 89.1 Å². The SMILES string of the molecule is CCCC(C)N1CC(C)NCC1CC. The van der Waals surface area contributed by atoms with E-state index in [4.69, 9.17) is 0 Å². The molecule has 0 aromatic heterocycles. The molecular formula is C12H26N2. The van der Waals surface area contributed by atoms with Gasteiger partial charge in [-0.3, -0.25) is 4.90 Å². The standard InChI is InChI=1S/C12H26N2/c1-5-7-11(4)14-9-10(3)13-8-12(14)6-2/h10-13H,5-9H2,1-4H3. The van der Waals surface area contributed by atoms with Crippen LogP contribution in [0.15, 0.2) is 0 Å². The maximum Gasteiger partial charge on any atom is 0.0221 e. The van der Waals surface area contributed by atoms with Crippen LogP contribution in [-0.2, 0) is 0 Å². The Kier molecular flexibility index (Phi) is 4.90. The monoisotopic (exact) mass is 198 g/mol. The molecule has 1 aliphatic rings. The molecule has 0 aromatic carbocycles. The molecule has 1 fully saturated rings. The molecule has 1 heterocycles. The second-order valence-electron chi connectivity index (χ2n) is 4.71. The lowest BCUT2D eigenvalue weighted by Crippen LogP contribution is -2.57. The summed E-state index contributed by atoms with van der Waals surface area (Å²) in [4.78, 5) is 2.70. The van der Waals surface area contributed by atoms with Gasteiger partial charge < -0.3 is 5.32 Å². The van der Waals surface area contributed by atoms with Crippen molar-refractivity contribution in [2.75, 3.05) is 13.1 Å². The van der Waals surface area contributed by atoms with Crippen LogP contribution < -0.4 is 5.32 Å². The van der Waals surface area contributed by atoms with Gasteiger partial charge in [0.15, 0.2) is 0 Å². The van der Waals surface area contributed by atoms with Crippen molar-refractivity contribution in [2.24, 2.45) is 0 Å². The average Bonchev–Trinajstić information content (AvgIpc) is 2.18. The third-order valence-electron chi connectivity index (χ3n) is 3.40. The molecule has 1 rings (SSSR count). The zero-order valence-electron chi connectivity index (χ0n) is 10.2. The van der Waals surface area contributed by atoms with E-state index in [0.717, 1.165) is 12.1 Å². The second-order valence-corrected chi connectivity index (χ2v) is 4.71. The molecule has 2 heteroatoms. The molecule has 3 atom stereocenters. The predicted octanol–water partition coefficient (Wildman–Crippen LogP) is 2.25. The first-order valence-electron chi connectivity index (χ1n) is 6.18. The number of rotatable bonds is 4. The van der Waals surface area contributed by atoms with Crippen molar-refractivity contribution in [1.29, 1.82) is 0 Å². The van der Waals surface area contributed by atoms with Crippen molar-refractivity contribution < 1.29 is 0 Å². The maximum atomic E-state index is 3.57. The molecule has 0 saturated carbocycles. The molecule has 0 bridgehead atoms. The summed E-state index contributed by atoms with van der Waals surface area (Å²) < 4.78 is 0. The fraction of sp³-hybridized carbons (Fsp3) is 1.00. The predicted molar refractivity (Wildman–Crippen MR) is 62.6 cm³/mol. The van der Waals surface area contributed by atoms with E-state index < -0.39 is 0 Å². The second kappa shape index (κ2) is 5.72. The molecule has 2 nitrogen and oxygen atoms in total. The third-order valence-corrected chi connectivity index (χ3v) is 3.40. The summed E-state index contributed by atoms with van der Waals surface area (Å²) in [6.45, 7) is 11.6. The summed E-state index contributed by atoms with van der Waals surface area (Å²) in [6.07, 6.45) is 3.91. The van der Waals surface area contributed by atoms with Crippen molar-refractivity contribution in [3.8, 4) is 0 Å². The largest absolute Gasteiger partial charge is 0.311 e. The third kappa shape index (κ3) is 2.96. The highest BCUT2D eigenvalue weighted by molar-refractivity contribution is 4.86. The molecule has 0 aromatic rings. The van der Waals surface area contributed by atoms with Crippen molar-refractivity contribution in [3.05, 3.63) is 0 Å². The van der Waals surface area contributed by atoms with Crippen LogP contribution in [0.4, 0.5) is 0 Å². The number of nitrogens with one attached hydrogen (secondary N) is 1. The molecule has 1 N–H and O–H groups in total. The Morgan fingerprint density at radius 3 is 2.71 bits per heavy atom. The van der Waals surface area contributed by atoms with E-state index in [1.807, 2.05) is 0 Å². The minimum Gasteiger partial charge on any atom is -0.311 e. The maximum absolute atomic E-state index is 3.57. The summed E-state index contributed by atoms with van der Waals surface area (Å²) in [5.74, 6) is 0. The summed E-state index contributed by atoms with van der Waals surface area (Å²) in [6, 6.07) is 2.18. The summed E-state index contributed by atoms with van der Waals surface area (Å²) in [5.41, 5.74) is 0. The minimum absolute atomic E-state index is 0.664. The summed E-state index contributed by atoms with van der Waals surface area (Å²) in [5, 5.41) is 3.57. The average molecular weight is 198 g/mol. The van der Waals surface area contributed by atoms with Crippen LogP contribution in [-0.4, -0.2) is 36.1 Å². The number of nitrogens with zero attached hydrogens (tertiary/aromatic N) is 1. The van der Waals surface area contributed by atoms with E-state index in [1.54, 1.807) is 0 Å². The molecule has 0 aliphatic carbocycles. The fourth-order valence-corrected chi connectivity index (χ4v) is 2.49. The summed E-state index contributed by atoms with van der Waals surface area (Å²) >= 11 is 0. The van der Waals surface area contributed by atoms with Crippen LogP contribution in [0.25, 0.3) is 0 Å². The van der Waals surface area contributed by atoms with Crippen molar-refractivity contribution in [2.45, 2.75) is 65.1 Å². The lowest BCUT2D eigenvalue weighted by molar-refractivity contribution is 0.0860. The minimum atomic E-state index is 0.664. The van der Waals surface area contributed by atoms with Gasteiger partial charge >= 0.3 is 0 Å². The van der Waals surface area contributed by atoms with Crippen LogP contribution in [0, 0.1) is 0 Å². The van der Waals surface area contributed by atoms with Crippen LogP contribution in [0.3, 0.4) is 0 Å². The Hall–Kier alpha value is -0.0800. The van der Waals surface area contributed by atoms with Crippen LogP contribution >= 0.6 is 0 Å². The van der Waals surface area contributed by atoms with E-state index in [2.05, 4.69) is 37.9 Å². The smallest absolute Gasteiger partial charge is 0.0221 e. The Balaban J connectivity index is 2.51. The number of piperazine rings is 1. The molecule has 0 radical (unpaired) electrons. The van der Waals surface area contributed by atoms with Crippen LogP contribution in [0.1, 0.15) is 47.0 Å². The fourth-order valence-electron chi connectivity index (χ4n) is 2.49. The zero-order chi connectivity index (χ0) is 10.6. The molecule has 1 aliphatic heterocycles. The highest BCUT2D eigenvalue weighted by atomic mass is 15.2. The van der Waals surface area contributed by atoms with Gasteiger partial charge in [-0.25, -0.2) is 0 Å². The highest BCUT2D eigenvalue weighted by Crippen LogP contribution is 2.16. The van der Waals surface area contributed by atoms with Gasteiger partial charge in [0.2, 0.25) is 0 Å². The van der Waals surface area contributed by atoms with E-state index >= 15 is 0 Å².